The van der Waals surface area contributed by atoms with Crippen molar-refractivity contribution in [2.75, 3.05) is 13.1 Å². The Hall–Kier alpha value is -0.0800. The fourth-order valence-electron chi connectivity index (χ4n) is 2.37. The third-order valence-corrected chi connectivity index (χ3v) is 3.66. The van der Waals surface area contributed by atoms with Gasteiger partial charge in [0, 0.05) is 19.1 Å². The van der Waals surface area contributed by atoms with Crippen molar-refractivity contribution in [3.8, 4) is 0 Å². The first-order valence-corrected chi connectivity index (χ1v) is 6.01. The first-order valence-electron chi connectivity index (χ1n) is 6.01. The minimum absolute atomic E-state index is 0.493. The molecule has 1 aliphatic carbocycles. The molecule has 0 saturated heterocycles. The molecule has 0 bridgehead atoms. The van der Waals surface area contributed by atoms with Gasteiger partial charge >= 0.3 is 0 Å². The molecule has 1 saturated carbocycles. The van der Waals surface area contributed by atoms with Crippen molar-refractivity contribution in [3.63, 3.8) is 0 Å². The van der Waals surface area contributed by atoms with E-state index in [9.17, 15) is 0 Å². The SMILES string of the molecule is CC(C)C(CN)NCC1(C)CCCC1. The third kappa shape index (κ3) is 3.25. The van der Waals surface area contributed by atoms with Crippen molar-refractivity contribution in [1.82, 2.24) is 5.32 Å². The summed E-state index contributed by atoms with van der Waals surface area (Å²) in [6.07, 6.45) is 5.59. The van der Waals surface area contributed by atoms with E-state index in [0.717, 1.165) is 13.1 Å². The average Bonchev–Trinajstić information content (AvgIpc) is 2.53. The highest BCUT2D eigenvalue weighted by molar-refractivity contribution is 4.84. The second-order valence-electron chi connectivity index (χ2n) is 5.48. The van der Waals surface area contributed by atoms with Crippen molar-refractivity contribution in [2.24, 2.45) is 17.1 Å². The summed E-state index contributed by atoms with van der Waals surface area (Å²) in [6, 6.07) is 0.493. The Labute approximate surface area is 88.6 Å². The minimum Gasteiger partial charge on any atom is -0.329 e. The predicted octanol–water partition coefficient (Wildman–Crippen LogP) is 2.14. The number of rotatable bonds is 5. The predicted molar refractivity (Wildman–Crippen MR) is 62.3 cm³/mol. The summed E-state index contributed by atoms with van der Waals surface area (Å²) in [6.45, 7) is 8.78. The molecule has 1 fully saturated rings. The van der Waals surface area contributed by atoms with E-state index in [1.54, 1.807) is 0 Å². The Morgan fingerprint density at radius 1 is 1.29 bits per heavy atom. The lowest BCUT2D eigenvalue weighted by atomic mass is 9.88. The molecule has 1 aliphatic rings. The monoisotopic (exact) mass is 198 g/mol. The van der Waals surface area contributed by atoms with Gasteiger partial charge in [0.25, 0.3) is 0 Å². The zero-order valence-electron chi connectivity index (χ0n) is 9.97. The van der Waals surface area contributed by atoms with Crippen LogP contribution >= 0.6 is 0 Å². The highest BCUT2D eigenvalue weighted by Gasteiger charge is 2.29. The summed E-state index contributed by atoms with van der Waals surface area (Å²) in [5, 5.41) is 3.63. The van der Waals surface area contributed by atoms with Crippen LogP contribution in [0.25, 0.3) is 0 Å². The second-order valence-corrected chi connectivity index (χ2v) is 5.48. The van der Waals surface area contributed by atoms with Crippen LogP contribution in [0.15, 0.2) is 0 Å². The molecule has 1 rings (SSSR count). The van der Waals surface area contributed by atoms with E-state index < -0.39 is 0 Å². The minimum atomic E-state index is 0.493. The number of nitrogens with two attached hydrogens (primary N) is 1. The zero-order valence-corrected chi connectivity index (χ0v) is 9.97. The number of nitrogens with one attached hydrogen (secondary N) is 1. The van der Waals surface area contributed by atoms with Crippen molar-refractivity contribution >= 4 is 0 Å². The summed E-state index contributed by atoms with van der Waals surface area (Å²) in [5.74, 6) is 0.644. The van der Waals surface area contributed by atoms with E-state index in [2.05, 4.69) is 26.1 Å². The average molecular weight is 198 g/mol. The Morgan fingerprint density at radius 3 is 2.29 bits per heavy atom. The van der Waals surface area contributed by atoms with Gasteiger partial charge in [-0.05, 0) is 24.2 Å². The summed E-state index contributed by atoms with van der Waals surface area (Å²) in [5.41, 5.74) is 6.28. The van der Waals surface area contributed by atoms with Gasteiger partial charge in [0.15, 0.2) is 0 Å². The van der Waals surface area contributed by atoms with Crippen LogP contribution in [0.1, 0.15) is 46.5 Å². The topological polar surface area (TPSA) is 38.0 Å². The normalized spacial score (nSPS) is 22.9. The van der Waals surface area contributed by atoms with Crippen LogP contribution in [-0.2, 0) is 0 Å². The molecule has 14 heavy (non-hydrogen) atoms. The smallest absolute Gasteiger partial charge is 0.0213 e. The molecule has 0 aromatic heterocycles. The van der Waals surface area contributed by atoms with Gasteiger partial charge < -0.3 is 11.1 Å². The van der Waals surface area contributed by atoms with Crippen LogP contribution in [0.5, 0.6) is 0 Å². The van der Waals surface area contributed by atoms with Gasteiger partial charge in [0.05, 0.1) is 0 Å². The molecule has 0 aromatic carbocycles. The van der Waals surface area contributed by atoms with E-state index in [-0.39, 0.29) is 0 Å². The Balaban J connectivity index is 2.30. The quantitative estimate of drug-likeness (QED) is 0.710. The maximum atomic E-state index is 5.74. The molecule has 84 valence electrons. The van der Waals surface area contributed by atoms with Crippen LogP contribution in [0, 0.1) is 11.3 Å². The molecule has 0 spiro atoms. The van der Waals surface area contributed by atoms with Crippen LogP contribution in [-0.4, -0.2) is 19.1 Å². The summed E-state index contributed by atoms with van der Waals surface area (Å²) >= 11 is 0. The first-order chi connectivity index (χ1) is 6.57. The van der Waals surface area contributed by atoms with Gasteiger partial charge in [0.1, 0.15) is 0 Å². The standard InChI is InChI=1S/C12H26N2/c1-10(2)11(8-13)14-9-12(3)6-4-5-7-12/h10-11,14H,4-9,13H2,1-3H3. The second kappa shape index (κ2) is 5.13. The van der Waals surface area contributed by atoms with Gasteiger partial charge in [-0.2, -0.15) is 0 Å². The largest absolute Gasteiger partial charge is 0.329 e. The fraction of sp³-hybridized carbons (Fsp3) is 1.00. The number of hydrogen-bond acceptors (Lipinski definition) is 2. The molecule has 1 atom stereocenters. The molecular weight excluding hydrogens is 172 g/mol. The maximum absolute atomic E-state index is 5.74. The molecule has 0 aliphatic heterocycles. The highest BCUT2D eigenvalue weighted by Crippen LogP contribution is 2.36. The lowest BCUT2D eigenvalue weighted by molar-refractivity contribution is 0.278. The fourth-order valence-corrected chi connectivity index (χ4v) is 2.37. The van der Waals surface area contributed by atoms with Gasteiger partial charge in [-0.15, -0.1) is 0 Å². The van der Waals surface area contributed by atoms with Crippen molar-refractivity contribution in [1.29, 1.82) is 0 Å². The van der Waals surface area contributed by atoms with E-state index in [0.29, 0.717) is 17.4 Å². The molecule has 2 heteroatoms. The van der Waals surface area contributed by atoms with Gasteiger partial charge in [-0.3, -0.25) is 0 Å². The molecule has 1 unspecified atom stereocenters. The summed E-state index contributed by atoms with van der Waals surface area (Å²) in [4.78, 5) is 0. The Morgan fingerprint density at radius 2 is 1.86 bits per heavy atom. The molecule has 2 nitrogen and oxygen atoms in total. The maximum Gasteiger partial charge on any atom is 0.0213 e. The molecule has 0 radical (unpaired) electrons. The number of hydrogen-bond donors (Lipinski definition) is 2. The van der Waals surface area contributed by atoms with Crippen LogP contribution in [0.4, 0.5) is 0 Å². The molecule has 0 amide bonds. The zero-order chi connectivity index (χ0) is 10.6. The van der Waals surface area contributed by atoms with Crippen molar-refractivity contribution in [3.05, 3.63) is 0 Å². The van der Waals surface area contributed by atoms with Crippen LogP contribution in [0.3, 0.4) is 0 Å². The van der Waals surface area contributed by atoms with Gasteiger partial charge in [-0.1, -0.05) is 33.6 Å². The van der Waals surface area contributed by atoms with Crippen LogP contribution < -0.4 is 11.1 Å². The van der Waals surface area contributed by atoms with Crippen molar-refractivity contribution < 1.29 is 0 Å². The molecule has 3 N–H and O–H groups in total. The first kappa shape index (κ1) is 12.0. The molecule has 0 heterocycles. The van der Waals surface area contributed by atoms with E-state index >= 15 is 0 Å². The third-order valence-electron chi connectivity index (χ3n) is 3.66. The lowest BCUT2D eigenvalue weighted by Crippen LogP contribution is -2.44. The molecular formula is C12H26N2. The van der Waals surface area contributed by atoms with Crippen LogP contribution in [0.2, 0.25) is 0 Å². The van der Waals surface area contributed by atoms with E-state index in [1.165, 1.54) is 25.7 Å². The van der Waals surface area contributed by atoms with E-state index in [4.69, 9.17) is 5.73 Å². The van der Waals surface area contributed by atoms with Gasteiger partial charge in [0.2, 0.25) is 0 Å². The lowest BCUT2D eigenvalue weighted by Gasteiger charge is -2.29. The Kier molecular flexibility index (Phi) is 4.39. The highest BCUT2D eigenvalue weighted by atomic mass is 14.9. The molecule has 0 aromatic rings. The van der Waals surface area contributed by atoms with E-state index in [1.807, 2.05) is 0 Å². The van der Waals surface area contributed by atoms with Crippen molar-refractivity contribution in [2.45, 2.75) is 52.5 Å². The van der Waals surface area contributed by atoms with Gasteiger partial charge in [-0.25, -0.2) is 0 Å². The Bertz CT molecular complexity index is 160. The summed E-state index contributed by atoms with van der Waals surface area (Å²) < 4.78 is 0. The summed E-state index contributed by atoms with van der Waals surface area (Å²) in [7, 11) is 0.